The Bertz CT molecular complexity index is 854. The third-order valence-electron chi connectivity index (χ3n) is 7.78. The van der Waals surface area contributed by atoms with Gasteiger partial charge in [0.15, 0.2) is 0 Å². The number of halogens is 2. The zero-order chi connectivity index (χ0) is 27.4. The Morgan fingerprint density at radius 1 is 0.895 bits per heavy atom. The van der Waals surface area contributed by atoms with Crippen molar-refractivity contribution in [3.05, 3.63) is 33.8 Å². The Morgan fingerprint density at radius 2 is 1.55 bits per heavy atom. The standard InChI is InChI=1S/C27H45BCl2N4O4/c29-24-8-7-23(21-25(24)30)22-34-17-15-33(16-18-34)14-6-10-27(31,9-2-3-11-28(36)37)26(35)38-20-19-32-12-4-1-5-13-32/h7-8,21,36-37H,1-6,9-20,22,31H2. The van der Waals surface area contributed by atoms with Crippen LogP contribution in [-0.2, 0) is 16.1 Å². The first-order valence-corrected chi connectivity index (χ1v) is 14.9. The highest BCUT2D eigenvalue weighted by molar-refractivity contribution is 6.42. The van der Waals surface area contributed by atoms with Crippen molar-refractivity contribution in [3.8, 4) is 0 Å². The second kappa shape index (κ2) is 16.4. The van der Waals surface area contributed by atoms with Gasteiger partial charge in [0, 0.05) is 39.3 Å². The van der Waals surface area contributed by atoms with Crippen molar-refractivity contribution in [2.75, 3.05) is 59.0 Å². The average molecular weight is 571 g/mol. The number of carbonyl (C=O) groups is 1. The van der Waals surface area contributed by atoms with Crippen molar-refractivity contribution < 1.29 is 19.6 Å². The predicted molar refractivity (Wildman–Crippen MR) is 154 cm³/mol. The Kier molecular flexibility index (Phi) is 13.6. The van der Waals surface area contributed by atoms with Crippen molar-refractivity contribution in [1.29, 1.82) is 0 Å². The molecular formula is C27H45BCl2N4O4. The van der Waals surface area contributed by atoms with Gasteiger partial charge in [0.25, 0.3) is 0 Å². The molecule has 0 saturated carbocycles. The van der Waals surface area contributed by atoms with Crippen molar-refractivity contribution in [1.82, 2.24) is 14.7 Å². The summed E-state index contributed by atoms with van der Waals surface area (Å²) in [4.78, 5) is 20.3. The number of likely N-dealkylation sites (tertiary alicyclic amines) is 1. The summed E-state index contributed by atoms with van der Waals surface area (Å²) in [5.41, 5.74) is 6.78. The zero-order valence-electron chi connectivity index (χ0n) is 22.6. The van der Waals surface area contributed by atoms with E-state index in [-0.39, 0.29) is 12.3 Å². The summed E-state index contributed by atoms with van der Waals surface area (Å²) in [7, 11) is -1.32. The number of hydrogen-bond donors (Lipinski definition) is 3. The van der Waals surface area contributed by atoms with Gasteiger partial charge < -0.3 is 25.4 Å². The third-order valence-corrected chi connectivity index (χ3v) is 8.52. The van der Waals surface area contributed by atoms with Crippen LogP contribution in [0.5, 0.6) is 0 Å². The molecule has 38 heavy (non-hydrogen) atoms. The fraction of sp³-hybridized carbons (Fsp3) is 0.741. The largest absolute Gasteiger partial charge is 0.463 e. The molecule has 8 nitrogen and oxygen atoms in total. The van der Waals surface area contributed by atoms with E-state index < -0.39 is 12.7 Å². The minimum Gasteiger partial charge on any atom is -0.463 e. The van der Waals surface area contributed by atoms with Crippen LogP contribution in [0.3, 0.4) is 0 Å². The predicted octanol–water partition coefficient (Wildman–Crippen LogP) is 3.26. The highest BCUT2D eigenvalue weighted by Gasteiger charge is 2.35. The maximum absolute atomic E-state index is 13.1. The molecule has 0 spiro atoms. The van der Waals surface area contributed by atoms with Crippen LogP contribution in [0.4, 0.5) is 0 Å². The summed E-state index contributed by atoms with van der Waals surface area (Å²) >= 11 is 12.2. The number of piperidine rings is 1. The second-order valence-electron chi connectivity index (χ2n) is 10.9. The van der Waals surface area contributed by atoms with E-state index in [9.17, 15) is 4.79 Å². The summed E-state index contributed by atoms with van der Waals surface area (Å²) in [6.07, 6.45) is 7.09. The number of unbranched alkanes of at least 4 members (excludes halogenated alkanes) is 1. The highest BCUT2D eigenvalue weighted by atomic mass is 35.5. The van der Waals surface area contributed by atoms with Crippen molar-refractivity contribution in [2.45, 2.75) is 69.8 Å². The average Bonchev–Trinajstić information content (AvgIpc) is 2.90. The minimum atomic E-state index is -1.32. The molecule has 2 fully saturated rings. The van der Waals surface area contributed by atoms with E-state index in [0.717, 1.165) is 70.9 Å². The molecule has 11 heteroatoms. The van der Waals surface area contributed by atoms with Gasteiger partial charge in [-0.3, -0.25) is 14.6 Å². The maximum atomic E-state index is 13.1. The lowest BCUT2D eigenvalue weighted by molar-refractivity contribution is -0.151. The molecule has 1 aromatic rings. The number of carbonyl (C=O) groups excluding carboxylic acids is 1. The number of hydrogen-bond acceptors (Lipinski definition) is 8. The lowest BCUT2D eigenvalue weighted by Crippen LogP contribution is -2.51. The first-order chi connectivity index (χ1) is 18.2. The summed E-state index contributed by atoms with van der Waals surface area (Å²) in [5, 5.41) is 19.5. The molecule has 4 N–H and O–H groups in total. The van der Waals surface area contributed by atoms with Crippen LogP contribution in [-0.4, -0.2) is 102 Å². The van der Waals surface area contributed by atoms with Crippen LogP contribution >= 0.6 is 23.2 Å². The molecule has 1 unspecified atom stereocenters. The molecule has 1 aromatic carbocycles. The summed E-state index contributed by atoms with van der Waals surface area (Å²) in [6, 6.07) is 5.80. The number of piperazine rings is 1. The van der Waals surface area contributed by atoms with E-state index in [1.165, 1.54) is 19.3 Å². The molecule has 2 aliphatic rings. The number of benzene rings is 1. The summed E-state index contributed by atoms with van der Waals surface area (Å²) < 4.78 is 5.67. The van der Waals surface area contributed by atoms with Gasteiger partial charge in [0.2, 0.25) is 0 Å². The van der Waals surface area contributed by atoms with Crippen molar-refractivity contribution in [2.24, 2.45) is 5.73 Å². The van der Waals surface area contributed by atoms with Gasteiger partial charge in [0.1, 0.15) is 12.1 Å². The Balaban J connectivity index is 1.41. The fourth-order valence-electron chi connectivity index (χ4n) is 5.38. The third kappa shape index (κ3) is 10.9. The first-order valence-electron chi connectivity index (χ1n) is 14.2. The van der Waals surface area contributed by atoms with E-state index in [0.29, 0.717) is 42.3 Å². The van der Waals surface area contributed by atoms with Gasteiger partial charge in [-0.2, -0.15) is 0 Å². The second-order valence-corrected chi connectivity index (χ2v) is 11.7. The van der Waals surface area contributed by atoms with Gasteiger partial charge in [-0.25, -0.2) is 0 Å². The van der Waals surface area contributed by atoms with Gasteiger partial charge >= 0.3 is 13.1 Å². The number of nitrogens with two attached hydrogens (primary N) is 1. The van der Waals surface area contributed by atoms with E-state index >= 15 is 0 Å². The summed E-state index contributed by atoms with van der Waals surface area (Å²) in [6.45, 7) is 8.86. The summed E-state index contributed by atoms with van der Waals surface area (Å²) in [5.74, 6) is -0.328. The van der Waals surface area contributed by atoms with Crippen LogP contribution in [0, 0.1) is 0 Å². The van der Waals surface area contributed by atoms with E-state index in [4.69, 9.17) is 43.7 Å². The van der Waals surface area contributed by atoms with Gasteiger partial charge in [-0.1, -0.05) is 48.5 Å². The van der Waals surface area contributed by atoms with Gasteiger partial charge in [-0.15, -0.1) is 0 Å². The molecule has 2 saturated heterocycles. The quantitative estimate of drug-likeness (QED) is 0.168. The number of esters is 1. The Labute approximate surface area is 238 Å². The molecule has 3 rings (SSSR count). The molecule has 1 atom stereocenters. The highest BCUT2D eigenvalue weighted by Crippen LogP contribution is 2.24. The molecule has 0 aromatic heterocycles. The fourth-order valence-corrected chi connectivity index (χ4v) is 5.70. The van der Waals surface area contributed by atoms with Crippen LogP contribution in [0.15, 0.2) is 18.2 Å². The molecule has 0 aliphatic carbocycles. The lowest BCUT2D eigenvalue weighted by atomic mass is 9.81. The smallest absolute Gasteiger partial charge is 0.451 e. The van der Waals surface area contributed by atoms with Crippen molar-refractivity contribution in [3.63, 3.8) is 0 Å². The zero-order valence-corrected chi connectivity index (χ0v) is 24.1. The van der Waals surface area contributed by atoms with E-state index in [1.807, 2.05) is 18.2 Å². The van der Waals surface area contributed by atoms with Crippen LogP contribution in [0.2, 0.25) is 16.4 Å². The van der Waals surface area contributed by atoms with Gasteiger partial charge in [0.05, 0.1) is 10.0 Å². The molecule has 2 aliphatic heterocycles. The number of ether oxygens (including phenoxy) is 1. The Hall–Kier alpha value is -0.905. The number of nitrogens with zero attached hydrogens (tertiary/aromatic N) is 3. The van der Waals surface area contributed by atoms with E-state index in [2.05, 4.69) is 14.7 Å². The monoisotopic (exact) mass is 570 g/mol. The first kappa shape index (κ1) is 31.6. The van der Waals surface area contributed by atoms with Crippen molar-refractivity contribution >= 4 is 36.3 Å². The van der Waals surface area contributed by atoms with Gasteiger partial charge in [-0.05, 0) is 75.8 Å². The molecular weight excluding hydrogens is 526 g/mol. The molecule has 2 heterocycles. The SMILES string of the molecule is NC(CCCCB(O)O)(CCCN1CCN(Cc2ccc(Cl)c(Cl)c2)CC1)C(=O)OCCN1CCCCC1. The normalized spacial score (nSPS) is 19.3. The van der Waals surface area contributed by atoms with E-state index in [1.54, 1.807) is 0 Å². The maximum Gasteiger partial charge on any atom is 0.451 e. The van der Waals surface area contributed by atoms with Crippen LogP contribution < -0.4 is 5.73 Å². The molecule has 214 valence electrons. The molecule has 0 amide bonds. The molecule has 0 bridgehead atoms. The molecule has 0 radical (unpaired) electrons. The van der Waals surface area contributed by atoms with Crippen LogP contribution in [0.25, 0.3) is 0 Å². The minimum absolute atomic E-state index is 0.284. The number of rotatable bonds is 15. The topological polar surface area (TPSA) is 102 Å². The van der Waals surface area contributed by atoms with Crippen LogP contribution in [0.1, 0.15) is 56.9 Å². The lowest BCUT2D eigenvalue weighted by Gasteiger charge is -2.35. The Morgan fingerprint density at radius 3 is 2.24 bits per heavy atom.